The van der Waals surface area contributed by atoms with Crippen molar-refractivity contribution in [3.05, 3.63) is 41.6 Å². The first-order valence-electron chi connectivity index (χ1n) is 10.0. The second kappa shape index (κ2) is 7.37. The summed E-state index contributed by atoms with van der Waals surface area (Å²) in [6, 6.07) is 7.62. The number of methoxy groups -OCH3 is 1. The van der Waals surface area contributed by atoms with Gasteiger partial charge in [-0.3, -0.25) is 9.59 Å². The Bertz CT molecular complexity index is 769. The molecule has 1 aliphatic heterocycles. The molecule has 27 heavy (non-hydrogen) atoms. The highest BCUT2D eigenvalue weighted by atomic mass is 16.5. The van der Waals surface area contributed by atoms with Crippen LogP contribution in [0.4, 0.5) is 0 Å². The van der Waals surface area contributed by atoms with E-state index in [1.165, 1.54) is 18.5 Å². The molecule has 1 aromatic carbocycles. The molecule has 1 unspecified atom stereocenters. The van der Waals surface area contributed by atoms with Crippen LogP contribution >= 0.6 is 0 Å². The molecule has 0 radical (unpaired) electrons. The van der Waals surface area contributed by atoms with Gasteiger partial charge in [0.15, 0.2) is 0 Å². The highest BCUT2D eigenvalue weighted by Gasteiger charge is 2.46. The highest BCUT2D eigenvalue weighted by Crippen LogP contribution is 2.48. The second-order valence-electron chi connectivity index (χ2n) is 8.16. The number of hydrogen-bond donors (Lipinski definition) is 1. The number of carbonyl (C=O) groups excluding carboxylic acids is 2. The van der Waals surface area contributed by atoms with Gasteiger partial charge in [0.2, 0.25) is 11.8 Å². The van der Waals surface area contributed by atoms with Crippen molar-refractivity contribution in [2.24, 2.45) is 11.3 Å². The molecule has 3 aliphatic rings. The summed E-state index contributed by atoms with van der Waals surface area (Å²) in [4.78, 5) is 27.0. The van der Waals surface area contributed by atoms with Gasteiger partial charge in [-0.1, -0.05) is 18.2 Å². The van der Waals surface area contributed by atoms with Crippen LogP contribution in [0, 0.1) is 11.3 Å². The lowest BCUT2D eigenvalue weighted by Gasteiger charge is -2.42. The smallest absolute Gasteiger partial charge is 0.226 e. The van der Waals surface area contributed by atoms with Gasteiger partial charge in [-0.2, -0.15) is 0 Å². The van der Waals surface area contributed by atoms with Crippen LogP contribution in [0.2, 0.25) is 0 Å². The number of hydrogen-bond acceptors (Lipinski definition) is 3. The first-order valence-corrected chi connectivity index (χ1v) is 10.0. The number of nitrogens with zero attached hydrogens (tertiary/aromatic N) is 1. The Labute approximate surface area is 160 Å². The molecule has 2 aliphatic carbocycles. The van der Waals surface area contributed by atoms with Crippen molar-refractivity contribution >= 4 is 11.8 Å². The lowest BCUT2D eigenvalue weighted by molar-refractivity contribution is -0.133. The number of benzene rings is 1. The maximum atomic E-state index is 12.5. The summed E-state index contributed by atoms with van der Waals surface area (Å²) in [7, 11) is 1.63. The van der Waals surface area contributed by atoms with Crippen LogP contribution in [0.3, 0.4) is 0 Å². The van der Waals surface area contributed by atoms with Gasteiger partial charge in [0, 0.05) is 30.6 Å². The summed E-state index contributed by atoms with van der Waals surface area (Å²) in [6.07, 6.45) is 8.51. The molecule has 2 amide bonds. The summed E-state index contributed by atoms with van der Waals surface area (Å²) in [5.74, 6) is 1.72. The highest BCUT2D eigenvalue weighted by molar-refractivity contribution is 5.81. The molecule has 1 saturated heterocycles. The first-order chi connectivity index (χ1) is 13.1. The predicted octanol–water partition coefficient (Wildman–Crippen LogP) is 3.05. The van der Waals surface area contributed by atoms with Gasteiger partial charge >= 0.3 is 0 Å². The van der Waals surface area contributed by atoms with E-state index in [4.69, 9.17) is 4.74 Å². The number of fused-ring (bicyclic) bond motifs is 1. The molecule has 0 spiro atoms. The van der Waals surface area contributed by atoms with E-state index in [0.717, 1.165) is 37.1 Å². The van der Waals surface area contributed by atoms with Crippen LogP contribution in [0.1, 0.15) is 44.1 Å². The van der Waals surface area contributed by atoms with Crippen LogP contribution in [0.25, 0.3) is 0 Å². The van der Waals surface area contributed by atoms with Crippen molar-refractivity contribution in [1.82, 2.24) is 10.2 Å². The number of ether oxygens (including phenoxy) is 1. The standard InChI is InChI=1S/C22H28N2O3/c1-27-18-5-2-4-17(12-18)13-20(25)23-15-22-10-3-6-19(22)24(14-16-7-8-16)21(26)9-11-22/h2,4-6,12,16H,3,7-11,13-15H2,1H3,(H,23,25). The van der Waals surface area contributed by atoms with Crippen LogP contribution in [-0.4, -0.2) is 36.9 Å². The third-order valence-electron chi connectivity index (χ3n) is 6.17. The topological polar surface area (TPSA) is 58.6 Å². The van der Waals surface area contributed by atoms with E-state index in [0.29, 0.717) is 25.3 Å². The molecule has 1 atom stereocenters. The summed E-state index contributed by atoms with van der Waals surface area (Å²) in [5.41, 5.74) is 2.06. The maximum absolute atomic E-state index is 12.5. The minimum Gasteiger partial charge on any atom is -0.497 e. The Balaban J connectivity index is 1.39. The number of carbonyl (C=O) groups is 2. The zero-order chi connectivity index (χ0) is 18.9. The van der Waals surface area contributed by atoms with E-state index in [1.54, 1.807) is 7.11 Å². The second-order valence-corrected chi connectivity index (χ2v) is 8.16. The van der Waals surface area contributed by atoms with Gasteiger partial charge in [0.25, 0.3) is 0 Å². The normalized spacial score (nSPS) is 24.4. The summed E-state index contributed by atoms with van der Waals surface area (Å²) in [6.45, 7) is 1.49. The first kappa shape index (κ1) is 18.1. The number of rotatable bonds is 7. The lowest BCUT2D eigenvalue weighted by atomic mass is 9.76. The molecule has 144 valence electrons. The molecule has 1 saturated carbocycles. The minimum absolute atomic E-state index is 0.0227. The summed E-state index contributed by atoms with van der Waals surface area (Å²) < 4.78 is 5.23. The van der Waals surface area contributed by atoms with Crippen molar-refractivity contribution in [1.29, 1.82) is 0 Å². The van der Waals surface area contributed by atoms with E-state index < -0.39 is 0 Å². The van der Waals surface area contributed by atoms with Gasteiger partial charge in [-0.05, 0) is 55.7 Å². The number of amides is 2. The van der Waals surface area contributed by atoms with Gasteiger partial charge in [0.05, 0.1) is 13.5 Å². The molecular formula is C22H28N2O3. The van der Waals surface area contributed by atoms with Crippen LogP contribution < -0.4 is 10.1 Å². The molecule has 1 heterocycles. The molecule has 0 bridgehead atoms. The SMILES string of the molecule is COc1cccc(CC(=O)NCC23CCC=C2N(CC2CC2)C(=O)CC3)c1. The third-order valence-corrected chi connectivity index (χ3v) is 6.17. The van der Waals surface area contributed by atoms with Crippen molar-refractivity contribution in [3.8, 4) is 5.75 Å². The number of piperidine rings is 1. The van der Waals surface area contributed by atoms with Crippen LogP contribution in [-0.2, 0) is 16.0 Å². The zero-order valence-electron chi connectivity index (χ0n) is 16.0. The fraction of sp³-hybridized carbons (Fsp3) is 0.545. The molecule has 5 heteroatoms. The van der Waals surface area contributed by atoms with Gasteiger partial charge in [0.1, 0.15) is 5.75 Å². The fourth-order valence-corrected chi connectivity index (χ4v) is 4.42. The zero-order valence-corrected chi connectivity index (χ0v) is 16.0. The van der Waals surface area contributed by atoms with Gasteiger partial charge in [-0.15, -0.1) is 0 Å². The van der Waals surface area contributed by atoms with Crippen molar-refractivity contribution in [2.75, 3.05) is 20.2 Å². The molecule has 5 nitrogen and oxygen atoms in total. The molecule has 1 N–H and O–H groups in total. The van der Waals surface area contributed by atoms with E-state index in [-0.39, 0.29) is 17.2 Å². The van der Waals surface area contributed by atoms with E-state index >= 15 is 0 Å². The average molecular weight is 368 g/mol. The van der Waals surface area contributed by atoms with E-state index in [1.807, 2.05) is 29.2 Å². The monoisotopic (exact) mass is 368 g/mol. The minimum atomic E-state index is -0.0627. The predicted molar refractivity (Wildman–Crippen MR) is 103 cm³/mol. The Kier molecular flexibility index (Phi) is 4.94. The lowest BCUT2D eigenvalue weighted by Crippen LogP contribution is -2.48. The molecule has 2 fully saturated rings. The van der Waals surface area contributed by atoms with Crippen LogP contribution in [0.5, 0.6) is 5.75 Å². The van der Waals surface area contributed by atoms with Crippen molar-refractivity contribution in [3.63, 3.8) is 0 Å². The Morgan fingerprint density at radius 2 is 2.19 bits per heavy atom. The van der Waals surface area contributed by atoms with Gasteiger partial charge < -0.3 is 15.0 Å². The van der Waals surface area contributed by atoms with E-state index in [2.05, 4.69) is 11.4 Å². The number of nitrogens with one attached hydrogen (secondary N) is 1. The van der Waals surface area contributed by atoms with Crippen molar-refractivity contribution < 1.29 is 14.3 Å². The fourth-order valence-electron chi connectivity index (χ4n) is 4.42. The van der Waals surface area contributed by atoms with E-state index in [9.17, 15) is 9.59 Å². The third kappa shape index (κ3) is 3.87. The molecule has 1 aromatic rings. The molecular weight excluding hydrogens is 340 g/mol. The largest absolute Gasteiger partial charge is 0.497 e. The quantitative estimate of drug-likeness (QED) is 0.805. The number of allylic oxidation sites excluding steroid dienone is 1. The van der Waals surface area contributed by atoms with Crippen molar-refractivity contribution in [2.45, 2.75) is 44.9 Å². The summed E-state index contributed by atoms with van der Waals surface area (Å²) in [5, 5.41) is 3.15. The Morgan fingerprint density at radius 1 is 1.33 bits per heavy atom. The molecule has 0 aromatic heterocycles. The Hall–Kier alpha value is -2.30. The number of likely N-dealkylation sites (tertiary alicyclic amines) is 1. The van der Waals surface area contributed by atoms with Crippen LogP contribution in [0.15, 0.2) is 36.0 Å². The summed E-state index contributed by atoms with van der Waals surface area (Å²) >= 11 is 0. The Morgan fingerprint density at radius 3 is 2.96 bits per heavy atom. The average Bonchev–Trinajstić information content (AvgIpc) is 3.39. The molecule has 4 rings (SSSR count). The van der Waals surface area contributed by atoms with Gasteiger partial charge in [-0.25, -0.2) is 0 Å². The maximum Gasteiger partial charge on any atom is 0.226 e.